The molecule has 1 amide bonds. The molecule has 6 heteroatoms. The third-order valence-electron chi connectivity index (χ3n) is 3.48. The Morgan fingerprint density at radius 3 is 2.36 bits per heavy atom. The number of ketones is 1. The van der Waals surface area contributed by atoms with Crippen LogP contribution in [-0.2, 0) is 9.59 Å². The third kappa shape index (κ3) is 4.66. The zero-order chi connectivity index (χ0) is 16.1. The summed E-state index contributed by atoms with van der Waals surface area (Å²) in [6.07, 6.45) is 2.10. The maximum absolute atomic E-state index is 12.4. The van der Waals surface area contributed by atoms with Gasteiger partial charge in [-0.25, -0.2) is 0 Å². The second-order valence-electron chi connectivity index (χ2n) is 5.43. The van der Waals surface area contributed by atoms with E-state index in [0.717, 1.165) is 12.8 Å². The molecule has 1 aliphatic carbocycles. The molecule has 0 heterocycles. The van der Waals surface area contributed by atoms with Crippen LogP contribution in [0.25, 0.3) is 0 Å². The molecule has 118 valence electrons. The smallest absolute Gasteiger partial charge is 0.305 e. The van der Waals surface area contributed by atoms with E-state index in [0.29, 0.717) is 17.7 Å². The Hall–Kier alpha value is -2.21. The van der Waals surface area contributed by atoms with Gasteiger partial charge in [-0.2, -0.15) is 0 Å². The van der Waals surface area contributed by atoms with Gasteiger partial charge in [0.1, 0.15) is 0 Å². The van der Waals surface area contributed by atoms with Crippen molar-refractivity contribution in [1.82, 2.24) is 5.32 Å². The Kier molecular flexibility index (Phi) is 5.27. The predicted octanol–water partition coefficient (Wildman–Crippen LogP) is 1.81. The van der Waals surface area contributed by atoms with Gasteiger partial charge in [-0.15, -0.1) is 0 Å². The number of hydrogen-bond donors (Lipinski definition) is 3. The summed E-state index contributed by atoms with van der Waals surface area (Å²) in [6, 6.07) is 6.05. The Morgan fingerprint density at radius 2 is 1.86 bits per heavy atom. The second kappa shape index (κ2) is 7.17. The van der Waals surface area contributed by atoms with Crippen LogP contribution in [0.1, 0.15) is 43.0 Å². The van der Waals surface area contributed by atoms with Gasteiger partial charge in [-0.05, 0) is 37.1 Å². The molecule has 0 radical (unpaired) electrons. The van der Waals surface area contributed by atoms with E-state index in [2.05, 4.69) is 10.6 Å². The Morgan fingerprint density at radius 1 is 1.23 bits per heavy atom. The summed E-state index contributed by atoms with van der Waals surface area (Å²) in [6.45, 7) is 1.76. The first-order chi connectivity index (χ1) is 10.5. The lowest BCUT2D eigenvalue weighted by molar-refractivity contribution is -0.137. The molecule has 2 rings (SSSR count). The van der Waals surface area contributed by atoms with Crippen LogP contribution in [0.3, 0.4) is 0 Å². The van der Waals surface area contributed by atoms with E-state index in [9.17, 15) is 14.4 Å². The van der Waals surface area contributed by atoms with Gasteiger partial charge >= 0.3 is 5.97 Å². The number of benzene rings is 1. The summed E-state index contributed by atoms with van der Waals surface area (Å²) in [5.74, 6) is -1.33. The van der Waals surface area contributed by atoms with Crippen LogP contribution in [0, 0.1) is 0 Å². The quantitative estimate of drug-likeness (QED) is 0.637. The molecule has 6 nitrogen and oxygen atoms in total. The summed E-state index contributed by atoms with van der Waals surface area (Å²) in [5, 5.41) is 14.7. The molecular formula is C16H20N2O4. The molecule has 1 saturated carbocycles. The first-order valence-corrected chi connectivity index (χ1v) is 7.41. The van der Waals surface area contributed by atoms with Crippen molar-refractivity contribution in [2.24, 2.45) is 0 Å². The Labute approximate surface area is 128 Å². The monoisotopic (exact) mass is 304 g/mol. The van der Waals surface area contributed by atoms with Crippen molar-refractivity contribution < 1.29 is 19.5 Å². The van der Waals surface area contributed by atoms with Crippen molar-refractivity contribution in [2.45, 2.75) is 44.7 Å². The number of carboxylic acid groups (broad SMARTS) is 1. The van der Waals surface area contributed by atoms with E-state index in [1.165, 1.54) is 0 Å². The molecule has 22 heavy (non-hydrogen) atoms. The van der Waals surface area contributed by atoms with Crippen LogP contribution >= 0.6 is 0 Å². The van der Waals surface area contributed by atoms with Crippen LogP contribution < -0.4 is 10.6 Å². The number of carbonyl (C=O) groups excluding carboxylic acids is 2. The standard InChI is InChI=1S/C16H20N2O4/c1-2-14(19)18-12-5-3-10(4-6-12)16(22)13(9-15(20)21)17-11-7-8-11/h3-6,11,13,17H,2,7-9H2,1H3,(H,18,19)(H,20,21). The van der Waals surface area contributed by atoms with Gasteiger partial charge in [-0.1, -0.05) is 6.92 Å². The van der Waals surface area contributed by atoms with Gasteiger partial charge in [0.2, 0.25) is 5.91 Å². The molecule has 1 atom stereocenters. The first-order valence-electron chi connectivity index (χ1n) is 7.41. The average Bonchev–Trinajstić information content (AvgIpc) is 3.30. The van der Waals surface area contributed by atoms with Crippen molar-refractivity contribution in [2.75, 3.05) is 5.32 Å². The van der Waals surface area contributed by atoms with Gasteiger partial charge in [0, 0.05) is 23.7 Å². The van der Waals surface area contributed by atoms with Gasteiger partial charge in [0.15, 0.2) is 5.78 Å². The lowest BCUT2D eigenvalue weighted by Crippen LogP contribution is -2.40. The summed E-state index contributed by atoms with van der Waals surface area (Å²) in [5.41, 5.74) is 1.06. The number of carboxylic acids is 1. The molecule has 3 N–H and O–H groups in total. The highest BCUT2D eigenvalue weighted by Crippen LogP contribution is 2.21. The number of anilines is 1. The topological polar surface area (TPSA) is 95.5 Å². The number of aliphatic carboxylic acids is 1. The number of nitrogens with one attached hydrogen (secondary N) is 2. The molecule has 0 bridgehead atoms. The highest BCUT2D eigenvalue weighted by Gasteiger charge is 2.30. The maximum atomic E-state index is 12.4. The van der Waals surface area contributed by atoms with Crippen LogP contribution in [-0.4, -0.2) is 34.8 Å². The second-order valence-corrected chi connectivity index (χ2v) is 5.43. The molecule has 0 aromatic heterocycles. The van der Waals surface area contributed by atoms with E-state index < -0.39 is 12.0 Å². The predicted molar refractivity (Wildman–Crippen MR) is 81.9 cm³/mol. The summed E-state index contributed by atoms with van der Waals surface area (Å²) in [4.78, 5) is 34.6. The summed E-state index contributed by atoms with van der Waals surface area (Å²) < 4.78 is 0. The van der Waals surface area contributed by atoms with E-state index in [1.54, 1.807) is 31.2 Å². The molecule has 1 aromatic carbocycles. The number of Topliss-reactive ketones (excluding diaryl/α,β-unsaturated/α-hetero) is 1. The zero-order valence-electron chi connectivity index (χ0n) is 12.5. The molecule has 0 spiro atoms. The minimum atomic E-state index is -1.00. The van der Waals surface area contributed by atoms with Gasteiger partial charge in [0.25, 0.3) is 0 Å². The minimum Gasteiger partial charge on any atom is -0.481 e. The van der Waals surface area contributed by atoms with Crippen LogP contribution in [0.5, 0.6) is 0 Å². The maximum Gasteiger partial charge on any atom is 0.305 e. The van der Waals surface area contributed by atoms with Crippen LogP contribution in [0.2, 0.25) is 0 Å². The lowest BCUT2D eigenvalue weighted by atomic mass is 10.0. The third-order valence-corrected chi connectivity index (χ3v) is 3.48. The zero-order valence-corrected chi connectivity index (χ0v) is 12.5. The molecule has 0 saturated heterocycles. The fourth-order valence-electron chi connectivity index (χ4n) is 2.10. The van der Waals surface area contributed by atoms with E-state index in [-0.39, 0.29) is 24.2 Å². The number of hydrogen-bond acceptors (Lipinski definition) is 4. The normalized spacial score (nSPS) is 15.1. The summed E-state index contributed by atoms with van der Waals surface area (Å²) >= 11 is 0. The average molecular weight is 304 g/mol. The van der Waals surface area contributed by atoms with Gasteiger partial charge < -0.3 is 15.7 Å². The Bertz CT molecular complexity index is 564. The van der Waals surface area contributed by atoms with E-state index in [1.807, 2.05) is 0 Å². The summed E-state index contributed by atoms with van der Waals surface area (Å²) in [7, 11) is 0. The molecule has 1 aromatic rings. The van der Waals surface area contributed by atoms with Crippen molar-refractivity contribution in [3.05, 3.63) is 29.8 Å². The van der Waals surface area contributed by atoms with Crippen molar-refractivity contribution in [3.8, 4) is 0 Å². The number of amides is 1. The van der Waals surface area contributed by atoms with Crippen molar-refractivity contribution >= 4 is 23.3 Å². The fourth-order valence-corrected chi connectivity index (χ4v) is 2.10. The van der Waals surface area contributed by atoms with Gasteiger partial charge in [0.05, 0.1) is 12.5 Å². The first kappa shape index (κ1) is 16.2. The Balaban J connectivity index is 2.05. The highest BCUT2D eigenvalue weighted by atomic mass is 16.4. The van der Waals surface area contributed by atoms with E-state index in [4.69, 9.17) is 5.11 Å². The molecule has 1 unspecified atom stereocenters. The fraction of sp³-hybridized carbons (Fsp3) is 0.438. The minimum absolute atomic E-state index is 0.0989. The van der Waals surface area contributed by atoms with E-state index >= 15 is 0 Å². The number of carbonyl (C=O) groups is 3. The lowest BCUT2D eigenvalue weighted by Gasteiger charge is -2.15. The van der Waals surface area contributed by atoms with Crippen LogP contribution in [0.4, 0.5) is 5.69 Å². The molecule has 0 aliphatic heterocycles. The van der Waals surface area contributed by atoms with Crippen LogP contribution in [0.15, 0.2) is 24.3 Å². The SMILES string of the molecule is CCC(=O)Nc1ccc(C(=O)C(CC(=O)O)NC2CC2)cc1. The van der Waals surface area contributed by atoms with Crippen molar-refractivity contribution in [1.29, 1.82) is 0 Å². The van der Waals surface area contributed by atoms with Gasteiger partial charge in [-0.3, -0.25) is 14.4 Å². The largest absolute Gasteiger partial charge is 0.481 e. The highest BCUT2D eigenvalue weighted by molar-refractivity contribution is 6.02. The molecule has 1 fully saturated rings. The number of rotatable bonds is 8. The van der Waals surface area contributed by atoms with Crippen molar-refractivity contribution in [3.63, 3.8) is 0 Å². The molecular weight excluding hydrogens is 284 g/mol. The molecule has 1 aliphatic rings.